The number of halogens is 1. The van der Waals surface area contributed by atoms with E-state index in [4.69, 9.17) is 0 Å². The number of rotatable bonds is 5. The Kier molecular flexibility index (Phi) is 5.79. The number of hydrogen-bond acceptors (Lipinski definition) is 6. The molecule has 2 aliphatic rings. The fourth-order valence-electron chi connectivity index (χ4n) is 4.30. The summed E-state index contributed by atoms with van der Waals surface area (Å²) in [5.41, 5.74) is 3.48. The van der Waals surface area contributed by atoms with E-state index in [-0.39, 0.29) is 22.7 Å². The second kappa shape index (κ2) is 8.90. The summed E-state index contributed by atoms with van der Waals surface area (Å²) in [4.78, 5) is 30.2. The van der Waals surface area contributed by atoms with Gasteiger partial charge in [-0.3, -0.25) is 9.59 Å². The third-order valence-electron chi connectivity index (χ3n) is 6.38. The van der Waals surface area contributed by atoms with Crippen molar-refractivity contribution in [3.8, 4) is 5.75 Å². The maximum atomic E-state index is 15.1. The fourth-order valence-corrected chi connectivity index (χ4v) is 4.30. The molecule has 1 aromatic heterocycles. The molecular weight excluding hydrogens is 437 g/mol. The van der Waals surface area contributed by atoms with Crippen LogP contribution in [0.3, 0.4) is 0 Å². The zero-order valence-corrected chi connectivity index (χ0v) is 18.9. The Hall–Kier alpha value is -3.72. The maximum absolute atomic E-state index is 15.1. The van der Waals surface area contributed by atoms with Gasteiger partial charge in [-0.15, -0.1) is 0 Å². The van der Waals surface area contributed by atoms with Gasteiger partial charge < -0.3 is 19.5 Å². The van der Waals surface area contributed by atoms with Crippen LogP contribution in [0.2, 0.25) is 0 Å². The zero-order chi connectivity index (χ0) is 23.8. The summed E-state index contributed by atoms with van der Waals surface area (Å²) >= 11 is 0. The summed E-state index contributed by atoms with van der Waals surface area (Å²) < 4.78 is 17.1. The van der Waals surface area contributed by atoms with Crippen molar-refractivity contribution < 1.29 is 14.3 Å². The average Bonchev–Trinajstić information content (AvgIpc) is 3.65. The largest absolute Gasteiger partial charge is 0.508 e. The van der Waals surface area contributed by atoms with Gasteiger partial charge in [0.25, 0.3) is 5.91 Å². The number of phenolic OH excluding ortho intramolecular Hbond substituents is 1. The number of phenols is 1. The molecule has 8 nitrogen and oxygen atoms in total. The molecule has 0 unspecified atom stereocenters. The number of piperazine rings is 1. The van der Waals surface area contributed by atoms with Crippen molar-refractivity contribution in [2.75, 3.05) is 38.1 Å². The van der Waals surface area contributed by atoms with Crippen LogP contribution in [0.25, 0.3) is 10.9 Å². The Balaban J connectivity index is 1.48. The Labute approximate surface area is 195 Å². The molecule has 0 bridgehead atoms. The quantitative estimate of drug-likeness (QED) is 0.449. The molecule has 3 aromatic rings. The summed E-state index contributed by atoms with van der Waals surface area (Å²) in [7, 11) is 2.04. The van der Waals surface area contributed by atoms with Crippen LogP contribution in [-0.2, 0) is 0 Å². The van der Waals surface area contributed by atoms with Crippen LogP contribution >= 0.6 is 0 Å². The highest BCUT2D eigenvalue weighted by atomic mass is 19.1. The van der Waals surface area contributed by atoms with Gasteiger partial charge in [-0.2, -0.15) is 5.10 Å². The number of amides is 1. The number of carbonyl (C=O) groups excluding carboxylic acids is 1. The molecule has 1 aliphatic carbocycles. The number of aromatic hydroxyl groups is 1. The number of likely N-dealkylation sites (N-methyl/N-ethyl adjacent to an activating group) is 1. The van der Waals surface area contributed by atoms with E-state index >= 15 is 4.39 Å². The van der Waals surface area contributed by atoms with E-state index in [1.165, 1.54) is 24.4 Å². The molecule has 0 atom stereocenters. The van der Waals surface area contributed by atoms with Gasteiger partial charge in [-0.05, 0) is 49.7 Å². The lowest BCUT2D eigenvalue weighted by atomic mass is 10.1. The molecule has 2 aromatic carbocycles. The molecule has 34 heavy (non-hydrogen) atoms. The van der Waals surface area contributed by atoms with Gasteiger partial charge in [0, 0.05) is 43.8 Å². The Morgan fingerprint density at radius 3 is 2.65 bits per heavy atom. The topological polar surface area (TPSA) is 90.2 Å². The maximum Gasteiger partial charge on any atom is 0.276 e. The molecule has 0 radical (unpaired) electrons. The minimum absolute atomic E-state index is 0.0788. The van der Waals surface area contributed by atoms with E-state index in [0.717, 1.165) is 25.9 Å². The number of hydrogen-bond donors (Lipinski definition) is 2. The molecule has 1 saturated heterocycles. The number of anilines is 1. The number of hydrazone groups is 1. The zero-order valence-electron chi connectivity index (χ0n) is 18.9. The normalized spacial score (nSPS) is 16.9. The predicted octanol–water partition coefficient (Wildman–Crippen LogP) is 2.70. The van der Waals surface area contributed by atoms with Crippen molar-refractivity contribution in [2.45, 2.75) is 18.9 Å². The standard InChI is InChI=1S/C25H26FN5O3/c1-29-7-9-30(10-8-29)23-13-22-19(12-21(23)26)24(33)20(15-31(22)17-5-6-17)25(34)28-27-14-16-3-2-4-18(32)11-16/h2-4,11-15,17,32H,5-10H2,1H3,(H,28,34)/b27-14-. The minimum atomic E-state index is -0.666. The SMILES string of the molecule is CN1CCN(c2cc3c(cc2F)c(=O)c(C(=O)N/N=C\c2cccc(O)c2)cn3C2CC2)CC1. The summed E-state index contributed by atoms with van der Waals surface area (Å²) in [6.45, 7) is 3.11. The summed E-state index contributed by atoms with van der Waals surface area (Å²) in [5, 5.41) is 13.6. The van der Waals surface area contributed by atoms with Crippen molar-refractivity contribution in [2.24, 2.45) is 5.10 Å². The number of benzene rings is 2. The molecule has 5 rings (SSSR count). The summed E-state index contributed by atoms with van der Waals surface area (Å²) in [6.07, 6.45) is 4.82. The monoisotopic (exact) mass is 463 g/mol. The average molecular weight is 464 g/mol. The number of fused-ring (bicyclic) bond motifs is 1. The summed E-state index contributed by atoms with van der Waals surface area (Å²) in [6, 6.07) is 9.57. The molecular formula is C25H26FN5O3. The van der Waals surface area contributed by atoms with Crippen molar-refractivity contribution >= 4 is 28.7 Å². The van der Waals surface area contributed by atoms with Crippen molar-refractivity contribution in [1.29, 1.82) is 0 Å². The minimum Gasteiger partial charge on any atom is -0.508 e. The van der Waals surface area contributed by atoms with Crippen LogP contribution in [0.4, 0.5) is 10.1 Å². The molecule has 0 spiro atoms. The molecule has 2 N–H and O–H groups in total. The van der Waals surface area contributed by atoms with Crippen LogP contribution in [0.1, 0.15) is 34.8 Å². The lowest BCUT2D eigenvalue weighted by Gasteiger charge is -2.34. The van der Waals surface area contributed by atoms with E-state index in [1.807, 2.05) is 16.5 Å². The number of aromatic nitrogens is 1. The van der Waals surface area contributed by atoms with Gasteiger partial charge in [-0.25, -0.2) is 9.82 Å². The van der Waals surface area contributed by atoms with Gasteiger partial charge in [0.1, 0.15) is 17.1 Å². The van der Waals surface area contributed by atoms with E-state index in [1.54, 1.807) is 24.4 Å². The molecule has 1 amide bonds. The first-order valence-electron chi connectivity index (χ1n) is 11.3. The van der Waals surface area contributed by atoms with Gasteiger partial charge in [0.15, 0.2) is 0 Å². The lowest BCUT2D eigenvalue weighted by molar-refractivity contribution is 0.0953. The molecule has 9 heteroatoms. The van der Waals surface area contributed by atoms with E-state index in [2.05, 4.69) is 15.4 Å². The predicted molar refractivity (Wildman–Crippen MR) is 129 cm³/mol. The van der Waals surface area contributed by atoms with E-state index in [0.29, 0.717) is 29.9 Å². The highest BCUT2D eigenvalue weighted by Crippen LogP contribution is 2.38. The summed E-state index contributed by atoms with van der Waals surface area (Å²) in [5.74, 6) is -1.05. The number of pyridine rings is 1. The van der Waals surface area contributed by atoms with Crippen LogP contribution in [0.15, 0.2) is 52.5 Å². The first kappa shape index (κ1) is 22.1. The van der Waals surface area contributed by atoms with E-state index in [9.17, 15) is 14.7 Å². The van der Waals surface area contributed by atoms with Crippen molar-refractivity contribution in [1.82, 2.24) is 14.9 Å². The number of nitrogens with one attached hydrogen (secondary N) is 1. The highest BCUT2D eigenvalue weighted by molar-refractivity contribution is 5.98. The smallest absolute Gasteiger partial charge is 0.276 e. The lowest BCUT2D eigenvalue weighted by Crippen LogP contribution is -2.44. The number of nitrogens with zero attached hydrogens (tertiary/aromatic N) is 4. The first-order chi connectivity index (χ1) is 16.4. The molecule has 2 heterocycles. The Morgan fingerprint density at radius 2 is 1.94 bits per heavy atom. The van der Waals surface area contributed by atoms with Crippen molar-refractivity contribution in [3.05, 3.63) is 69.8 Å². The molecule has 1 aliphatic heterocycles. The van der Waals surface area contributed by atoms with E-state index < -0.39 is 17.2 Å². The van der Waals surface area contributed by atoms with Crippen LogP contribution < -0.4 is 15.8 Å². The van der Waals surface area contributed by atoms with Crippen LogP contribution in [0.5, 0.6) is 5.75 Å². The first-order valence-corrected chi connectivity index (χ1v) is 11.3. The molecule has 2 fully saturated rings. The van der Waals surface area contributed by atoms with Gasteiger partial charge in [-0.1, -0.05) is 12.1 Å². The second-order valence-corrected chi connectivity index (χ2v) is 8.92. The third kappa shape index (κ3) is 4.38. The third-order valence-corrected chi connectivity index (χ3v) is 6.38. The van der Waals surface area contributed by atoms with Crippen LogP contribution in [-0.4, -0.2) is 59.9 Å². The van der Waals surface area contributed by atoms with Crippen LogP contribution in [0, 0.1) is 5.82 Å². The molecule has 1 saturated carbocycles. The van der Waals surface area contributed by atoms with Gasteiger partial charge in [0.2, 0.25) is 5.43 Å². The molecule has 176 valence electrons. The van der Waals surface area contributed by atoms with Gasteiger partial charge >= 0.3 is 0 Å². The second-order valence-electron chi connectivity index (χ2n) is 8.92. The number of carbonyl (C=O) groups is 1. The van der Waals surface area contributed by atoms with Gasteiger partial charge in [0.05, 0.1) is 17.4 Å². The Morgan fingerprint density at radius 1 is 1.18 bits per heavy atom. The fraction of sp³-hybridized carbons (Fsp3) is 0.320. The highest BCUT2D eigenvalue weighted by Gasteiger charge is 2.28. The van der Waals surface area contributed by atoms with Crippen molar-refractivity contribution in [3.63, 3.8) is 0 Å². The Bertz CT molecular complexity index is 1340.